The van der Waals surface area contributed by atoms with Gasteiger partial charge in [0.15, 0.2) is 0 Å². The van der Waals surface area contributed by atoms with Gasteiger partial charge in [0, 0.05) is 0 Å². The van der Waals surface area contributed by atoms with Crippen LogP contribution in [0.15, 0.2) is 0 Å². The molecule has 0 radical (unpaired) electrons. The standard InChI is InChI=1S/C2H7AsO2.CH5AsO4/c1-3(2,4)5;1-6-2(3,4)5/h1-2H3,(H,4,5);1H3,(H2,3,4,5). The molecule has 0 fully saturated rings. The Balaban J connectivity index is 0. The molecule has 70 valence electrons. The molecule has 0 spiro atoms. The molecule has 0 heterocycles. The molecule has 0 saturated carbocycles. The molecule has 0 unspecified atom stereocenters. The Bertz CT molecular complexity index is 168. The molecule has 0 aromatic rings. The van der Waals surface area contributed by atoms with Crippen LogP contribution < -0.4 is 0 Å². The molecule has 0 aliphatic carbocycles. The maximum atomic E-state index is 9.83. The third-order valence-corrected chi connectivity index (χ3v) is 1.24. The van der Waals surface area contributed by atoms with Gasteiger partial charge in [-0.3, -0.25) is 0 Å². The quantitative estimate of drug-likeness (QED) is 0.514. The number of hydrogen-bond acceptors (Lipinski definition) is 3. The average molecular weight is 294 g/mol. The van der Waals surface area contributed by atoms with Crippen molar-refractivity contribution in [1.82, 2.24) is 0 Å². The summed E-state index contributed by atoms with van der Waals surface area (Å²) in [4.78, 5) is 0. The fraction of sp³-hybridized carbons (Fsp3) is 1.00. The van der Waals surface area contributed by atoms with Gasteiger partial charge in [0.1, 0.15) is 0 Å². The van der Waals surface area contributed by atoms with Crippen molar-refractivity contribution in [3.63, 3.8) is 0 Å². The van der Waals surface area contributed by atoms with E-state index in [1.807, 2.05) is 0 Å². The monoisotopic (exact) mass is 294 g/mol. The first-order valence-electron chi connectivity index (χ1n) is 2.45. The Morgan fingerprint density at radius 2 is 1.18 bits per heavy atom. The van der Waals surface area contributed by atoms with E-state index in [4.69, 9.17) is 12.3 Å². The van der Waals surface area contributed by atoms with Crippen LogP contribution >= 0.6 is 0 Å². The summed E-state index contributed by atoms with van der Waals surface area (Å²) in [6.45, 7) is 0. The molecule has 11 heavy (non-hydrogen) atoms. The van der Waals surface area contributed by atoms with Gasteiger partial charge < -0.3 is 0 Å². The molecule has 0 aromatic carbocycles. The summed E-state index contributed by atoms with van der Waals surface area (Å²) in [6, 6.07) is 0. The predicted octanol–water partition coefficient (Wildman–Crippen LogP) is -1.41. The van der Waals surface area contributed by atoms with Gasteiger partial charge in [0.2, 0.25) is 0 Å². The van der Waals surface area contributed by atoms with Gasteiger partial charge in [0.05, 0.1) is 0 Å². The summed E-state index contributed by atoms with van der Waals surface area (Å²) in [5.74, 6) is 0. The van der Waals surface area contributed by atoms with Crippen LogP contribution in [-0.4, -0.2) is 47.7 Å². The Kier molecular flexibility index (Phi) is 6.73. The summed E-state index contributed by atoms with van der Waals surface area (Å²) in [7, 11) is 0.972. The first-order chi connectivity index (χ1) is 4.56. The van der Waals surface area contributed by atoms with E-state index < -0.39 is 28.3 Å². The van der Waals surface area contributed by atoms with E-state index in [1.165, 1.54) is 11.4 Å². The van der Waals surface area contributed by atoms with Gasteiger partial charge in [-0.1, -0.05) is 0 Å². The molecule has 0 rings (SSSR count). The molecule has 3 N–H and O–H groups in total. The summed E-state index contributed by atoms with van der Waals surface area (Å²) in [6.07, 6.45) is 0. The van der Waals surface area contributed by atoms with Crippen LogP contribution in [0, 0.1) is 0 Å². The minimum absolute atomic E-state index is 0.972. The third-order valence-electron chi connectivity index (χ3n) is 0.238. The topological polar surface area (TPSA) is 104 Å². The van der Waals surface area contributed by atoms with Gasteiger partial charge in [0.25, 0.3) is 0 Å². The molecule has 0 saturated heterocycles. The van der Waals surface area contributed by atoms with E-state index in [0.29, 0.717) is 0 Å². The molecule has 8 heteroatoms. The number of hydrogen-bond donors (Lipinski definition) is 3. The average Bonchev–Trinajstić information content (AvgIpc) is 1.59. The molecule has 0 aliphatic heterocycles. The maximum absolute atomic E-state index is 9.83. The fourth-order valence-corrected chi connectivity index (χ4v) is 0. The first kappa shape index (κ1) is 14.1. The minimum atomic E-state index is -4.66. The van der Waals surface area contributed by atoms with Gasteiger partial charge >= 0.3 is 70.4 Å². The Morgan fingerprint density at radius 3 is 1.18 bits per heavy atom. The van der Waals surface area contributed by atoms with E-state index >= 15 is 0 Å². The van der Waals surface area contributed by atoms with E-state index in [0.717, 1.165) is 7.11 Å². The second-order valence-corrected chi connectivity index (χ2v) is 10.2. The van der Waals surface area contributed by atoms with Crippen LogP contribution in [0.5, 0.6) is 0 Å². The third kappa shape index (κ3) is 61.1. The van der Waals surface area contributed by atoms with E-state index in [9.17, 15) is 7.48 Å². The van der Waals surface area contributed by atoms with Crippen LogP contribution in [0.1, 0.15) is 0 Å². The molecular formula is C3H12As2O6. The van der Waals surface area contributed by atoms with Crippen LogP contribution in [0.3, 0.4) is 0 Å². The van der Waals surface area contributed by atoms with Crippen LogP contribution in [0.2, 0.25) is 11.4 Å². The van der Waals surface area contributed by atoms with Crippen molar-refractivity contribution < 1.29 is 23.5 Å². The second-order valence-electron chi connectivity index (χ2n) is 1.97. The van der Waals surface area contributed by atoms with Crippen molar-refractivity contribution in [3.8, 4) is 0 Å². The van der Waals surface area contributed by atoms with E-state index in [2.05, 4.69) is 3.73 Å². The van der Waals surface area contributed by atoms with E-state index in [1.54, 1.807) is 0 Å². The zero-order chi connectivity index (χ0) is 9.71. The molecule has 0 bridgehead atoms. The summed E-state index contributed by atoms with van der Waals surface area (Å²) >= 11 is -7.78. The predicted molar refractivity (Wildman–Crippen MR) is 38.3 cm³/mol. The van der Waals surface area contributed by atoms with Gasteiger partial charge in [-0.2, -0.15) is 0 Å². The van der Waals surface area contributed by atoms with Crippen LogP contribution in [0.25, 0.3) is 0 Å². The van der Waals surface area contributed by atoms with E-state index in [-0.39, 0.29) is 0 Å². The summed E-state index contributed by atoms with van der Waals surface area (Å²) in [5.41, 5.74) is 2.72. The zero-order valence-electron chi connectivity index (χ0n) is 6.46. The zero-order valence-corrected chi connectivity index (χ0v) is 10.2. The molecule has 0 aliphatic rings. The van der Waals surface area contributed by atoms with Crippen LogP contribution in [0.4, 0.5) is 0 Å². The molecule has 0 aromatic heterocycles. The summed E-state index contributed by atoms with van der Waals surface area (Å²) < 4.78 is 46.7. The van der Waals surface area contributed by atoms with Crippen molar-refractivity contribution in [2.45, 2.75) is 11.4 Å². The normalized spacial score (nSPS) is 11.8. The Hall–Kier alpha value is 0.557. The van der Waals surface area contributed by atoms with Crippen molar-refractivity contribution in [3.05, 3.63) is 0 Å². The first-order valence-corrected chi connectivity index (χ1v) is 11.0. The van der Waals surface area contributed by atoms with Gasteiger partial charge in [-0.15, -0.1) is 0 Å². The molecule has 0 amide bonds. The SMILES string of the molecule is CO[As](=O)(O)O.C[As](C)(=O)O. The summed E-state index contributed by atoms with van der Waals surface area (Å²) in [5, 5.41) is 0. The van der Waals surface area contributed by atoms with Crippen molar-refractivity contribution >= 4 is 28.3 Å². The van der Waals surface area contributed by atoms with Gasteiger partial charge in [-0.05, 0) is 0 Å². The van der Waals surface area contributed by atoms with Gasteiger partial charge in [-0.25, -0.2) is 0 Å². The molecular weight excluding hydrogens is 282 g/mol. The molecule has 0 atom stereocenters. The molecule has 6 nitrogen and oxygen atoms in total. The van der Waals surface area contributed by atoms with Crippen molar-refractivity contribution in [1.29, 1.82) is 0 Å². The Morgan fingerprint density at radius 1 is 1.09 bits per heavy atom. The fourth-order valence-electron chi connectivity index (χ4n) is 0. The number of rotatable bonds is 1. The van der Waals surface area contributed by atoms with Crippen LogP contribution in [-0.2, 0) is 11.2 Å². The van der Waals surface area contributed by atoms with Crippen molar-refractivity contribution in [2.24, 2.45) is 0 Å². The second kappa shape index (κ2) is 5.25. The Labute approximate surface area is 70.6 Å². The van der Waals surface area contributed by atoms with Crippen molar-refractivity contribution in [2.75, 3.05) is 7.11 Å².